The number of carbonyl (C=O) groups excluding carboxylic acids is 2. The van der Waals surface area contributed by atoms with Gasteiger partial charge in [-0.15, -0.1) is 0 Å². The maximum Gasteiger partial charge on any atom is 0.410 e. The van der Waals surface area contributed by atoms with E-state index in [4.69, 9.17) is 10.5 Å². The Morgan fingerprint density at radius 2 is 1.20 bits per heavy atom. The van der Waals surface area contributed by atoms with Crippen LogP contribution in [-0.2, 0) is 16.8 Å². The predicted octanol–water partition coefficient (Wildman–Crippen LogP) is 9.78. The average Bonchev–Trinajstić information content (AvgIpc) is 3.13. The first-order chi connectivity index (χ1) is 24.1. The van der Waals surface area contributed by atoms with Crippen LogP contribution in [0.1, 0.15) is 62.1 Å². The molecule has 6 nitrogen and oxygen atoms in total. The summed E-state index contributed by atoms with van der Waals surface area (Å²) in [4.78, 5) is 29.2. The summed E-state index contributed by atoms with van der Waals surface area (Å²) in [6, 6.07) is 36.9. The molecule has 0 atom stereocenters. The van der Waals surface area contributed by atoms with Crippen LogP contribution in [0.3, 0.4) is 0 Å². The fourth-order valence-corrected chi connectivity index (χ4v) is 7.75. The second-order valence-corrected chi connectivity index (χ2v) is 13.8. The quantitative estimate of drug-likeness (QED) is 0.138. The first kappa shape index (κ1) is 32.9. The highest BCUT2D eigenvalue weighted by molar-refractivity contribution is 6.22. The Morgan fingerprint density at radius 1 is 0.700 bits per heavy atom. The van der Waals surface area contributed by atoms with E-state index in [1.807, 2.05) is 71.6 Å². The molecule has 1 saturated heterocycles. The van der Waals surface area contributed by atoms with Gasteiger partial charge in [-0.3, -0.25) is 4.79 Å². The third-order valence-electron chi connectivity index (χ3n) is 10.5. The molecule has 6 heteroatoms. The molecule has 1 aliphatic heterocycles. The Bertz CT molecular complexity index is 2150. The Balaban J connectivity index is 1.22. The van der Waals surface area contributed by atoms with Gasteiger partial charge < -0.3 is 20.7 Å². The number of benzene rings is 6. The van der Waals surface area contributed by atoms with E-state index in [1.54, 1.807) is 0 Å². The maximum atomic E-state index is 14.2. The summed E-state index contributed by atoms with van der Waals surface area (Å²) >= 11 is 0. The monoisotopic (exact) mass is 661 g/mol. The highest BCUT2D eigenvalue weighted by atomic mass is 16.6. The van der Waals surface area contributed by atoms with Gasteiger partial charge in [-0.2, -0.15) is 0 Å². The van der Waals surface area contributed by atoms with E-state index >= 15 is 0 Å². The second kappa shape index (κ2) is 13.4. The largest absolute Gasteiger partial charge is 0.445 e. The SMILES string of the molecule is Cc1cc(C2(c3cc(C)c(NC(=O)c4c5ccccc5cc5ccccc45)c(C)c3)CCN(C(=O)OCc3ccccc3)CC2)cc(C)c1N. The lowest BCUT2D eigenvalue weighted by Crippen LogP contribution is -2.46. The number of likely N-dealkylation sites (tertiary alicyclic amines) is 1. The van der Waals surface area contributed by atoms with Gasteiger partial charge in [0.05, 0.1) is 5.56 Å². The van der Waals surface area contributed by atoms with Gasteiger partial charge in [0.25, 0.3) is 5.91 Å². The molecule has 6 aromatic rings. The number of nitrogens with one attached hydrogen (secondary N) is 1. The zero-order valence-corrected chi connectivity index (χ0v) is 29.2. The van der Waals surface area contributed by atoms with Crippen LogP contribution in [-0.4, -0.2) is 30.0 Å². The Labute approximate surface area is 293 Å². The standard InChI is InChI=1S/C44H43N3O3/c1-28-22-35(23-29(2)40(28)45)44(18-20-47(21-19-44)43(49)50-27-32-12-6-5-7-13-32)36-24-30(3)41(31(4)25-36)46-42(48)39-37-16-10-8-14-33(37)26-34-15-9-11-17-38(34)39/h5-17,22-26H,18-21,27,45H2,1-4H3,(H,46,48). The van der Waals surface area contributed by atoms with Gasteiger partial charge in [0.1, 0.15) is 6.61 Å². The lowest BCUT2D eigenvalue weighted by atomic mass is 9.67. The maximum absolute atomic E-state index is 14.2. The number of hydrogen-bond donors (Lipinski definition) is 2. The molecule has 0 radical (unpaired) electrons. The molecule has 1 aliphatic rings. The highest BCUT2D eigenvalue weighted by Crippen LogP contribution is 2.45. The number of nitrogens with two attached hydrogens (primary N) is 1. The first-order valence-corrected chi connectivity index (χ1v) is 17.3. The van der Waals surface area contributed by atoms with Crippen LogP contribution in [0.4, 0.5) is 16.2 Å². The molecule has 0 saturated carbocycles. The number of anilines is 2. The minimum Gasteiger partial charge on any atom is -0.445 e. The molecule has 50 heavy (non-hydrogen) atoms. The minimum absolute atomic E-state index is 0.126. The zero-order valence-electron chi connectivity index (χ0n) is 29.2. The van der Waals surface area contributed by atoms with Crippen LogP contribution < -0.4 is 11.1 Å². The van der Waals surface area contributed by atoms with Gasteiger partial charge in [0, 0.05) is 29.9 Å². The van der Waals surface area contributed by atoms with Crippen LogP contribution in [0.25, 0.3) is 21.5 Å². The van der Waals surface area contributed by atoms with E-state index in [0.29, 0.717) is 18.7 Å². The number of ether oxygens (including phenoxy) is 1. The Morgan fingerprint density at radius 3 is 1.76 bits per heavy atom. The second-order valence-electron chi connectivity index (χ2n) is 13.8. The van der Waals surface area contributed by atoms with Crippen molar-refractivity contribution in [3.63, 3.8) is 0 Å². The van der Waals surface area contributed by atoms with E-state index in [9.17, 15) is 9.59 Å². The lowest BCUT2D eigenvalue weighted by Gasteiger charge is -2.43. The van der Waals surface area contributed by atoms with Gasteiger partial charge in [0.2, 0.25) is 0 Å². The van der Waals surface area contributed by atoms with E-state index in [2.05, 4.69) is 75.5 Å². The highest BCUT2D eigenvalue weighted by Gasteiger charge is 2.40. The zero-order chi connectivity index (χ0) is 35.0. The number of nitrogen functional groups attached to an aromatic ring is 1. The van der Waals surface area contributed by atoms with Crippen molar-refractivity contribution in [1.29, 1.82) is 0 Å². The van der Waals surface area contributed by atoms with E-state index in [0.717, 1.165) is 73.6 Å². The van der Waals surface area contributed by atoms with Gasteiger partial charge >= 0.3 is 6.09 Å². The summed E-state index contributed by atoms with van der Waals surface area (Å²) in [6.45, 7) is 9.61. The molecule has 0 aliphatic carbocycles. The van der Waals surface area contributed by atoms with Gasteiger partial charge in [-0.05, 0) is 107 Å². The molecule has 2 amide bonds. The van der Waals surface area contributed by atoms with E-state index in [-0.39, 0.29) is 24.0 Å². The minimum atomic E-state index is -0.358. The van der Waals surface area contributed by atoms with E-state index < -0.39 is 0 Å². The van der Waals surface area contributed by atoms with Crippen molar-refractivity contribution in [1.82, 2.24) is 4.90 Å². The van der Waals surface area contributed by atoms with Crippen molar-refractivity contribution >= 4 is 44.9 Å². The van der Waals surface area contributed by atoms with Crippen molar-refractivity contribution in [2.24, 2.45) is 0 Å². The molecule has 0 unspecified atom stereocenters. The van der Waals surface area contributed by atoms with Crippen LogP contribution in [0, 0.1) is 27.7 Å². The number of rotatable bonds is 6. The summed E-state index contributed by atoms with van der Waals surface area (Å²) in [5.41, 5.74) is 15.8. The fraction of sp³-hybridized carbons (Fsp3) is 0.227. The van der Waals surface area contributed by atoms with Gasteiger partial charge in [0.15, 0.2) is 0 Å². The number of nitrogens with zero attached hydrogens (tertiary/aromatic N) is 1. The van der Waals surface area contributed by atoms with Crippen LogP contribution in [0.15, 0.2) is 109 Å². The Kier molecular flexibility index (Phi) is 8.79. The summed E-state index contributed by atoms with van der Waals surface area (Å²) in [5.74, 6) is -0.126. The molecule has 6 aromatic carbocycles. The van der Waals surface area contributed by atoms with Crippen molar-refractivity contribution in [3.05, 3.63) is 154 Å². The molecular formula is C44H43N3O3. The van der Waals surface area contributed by atoms with Crippen molar-refractivity contribution < 1.29 is 14.3 Å². The molecule has 0 spiro atoms. The number of piperidine rings is 1. The lowest BCUT2D eigenvalue weighted by molar-refractivity contribution is 0.0813. The number of aryl methyl sites for hydroxylation is 4. The van der Waals surface area contributed by atoms with Crippen molar-refractivity contribution in [2.75, 3.05) is 24.1 Å². The van der Waals surface area contributed by atoms with Crippen LogP contribution in [0.5, 0.6) is 0 Å². The van der Waals surface area contributed by atoms with Gasteiger partial charge in [-0.25, -0.2) is 4.79 Å². The topological polar surface area (TPSA) is 84.7 Å². The summed E-state index contributed by atoms with van der Waals surface area (Å²) in [7, 11) is 0. The normalized spacial score (nSPS) is 14.1. The van der Waals surface area contributed by atoms with Crippen molar-refractivity contribution in [2.45, 2.75) is 52.6 Å². The molecule has 252 valence electrons. The number of hydrogen-bond acceptors (Lipinski definition) is 4. The number of fused-ring (bicyclic) bond motifs is 2. The predicted molar refractivity (Wildman–Crippen MR) is 204 cm³/mol. The molecule has 1 heterocycles. The fourth-order valence-electron chi connectivity index (χ4n) is 7.75. The number of amides is 2. The molecule has 0 aromatic heterocycles. The van der Waals surface area contributed by atoms with Crippen LogP contribution >= 0.6 is 0 Å². The van der Waals surface area contributed by atoms with E-state index in [1.165, 1.54) is 11.1 Å². The van der Waals surface area contributed by atoms with Gasteiger partial charge in [-0.1, -0.05) is 103 Å². The van der Waals surface area contributed by atoms with Crippen molar-refractivity contribution in [3.8, 4) is 0 Å². The third kappa shape index (κ3) is 6.07. The summed E-state index contributed by atoms with van der Waals surface area (Å²) < 4.78 is 5.71. The number of carbonyl (C=O) groups is 2. The van der Waals surface area contributed by atoms with Crippen LogP contribution in [0.2, 0.25) is 0 Å². The molecule has 3 N–H and O–H groups in total. The molecule has 0 bridgehead atoms. The smallest absolute Gasteiger partial charge is 0.410 e. The first-order valence-electron chi connectivity index (χ1n) is 17.3. The molecular weight excluding hydrogens is 619 g/mol. The third-order valence-corrected chi connectivity index (χ3v) is 10.5. The molecule has 7 rings (SSSR count). The summed E-state index contributed by atoms with van der Waals surface area (Å²) in [5, 5.41) is 7.24. The average molecular weight is 662 g/mol. The Hall–Kier alpha value is -5.62. The molecule has 1 fully saturated rings. The summed E-state index contributed by atoms with van der Waals surface area (Å²) in [6.07, 6.45) is 1.16.